The fraction of sp³-hybridized carbons (Fsp3) is 0. The number of halogens is 2. The van der Waals surface area contributed by atoms with Gasteiger partial charge in [0.05, 0.1) is 15.6 Å². The van der Waals surface area contributed by atoms with Gasteiger partial charge < -0.3 is 5.32 Å². The second-order valence-corrected chi connectivity index (χ2v) is 9.02. The van der Waals surface area contributed by atoms with E-state index in [0.29, 0.717) is 25.8 Å². The lowest BCUT2D eigenvalue weighted by atomic mass is 10.2. The molecule has 1 aliphatic heterocycles. The molecule has 0 radical (unpaired) electrons. The van der Waals surface area contributed by atoms with Crippen LogP contribution in [0.5, 0.6) is 0 Å². The molecule has 0 aliphatic carbocycles. The molecule has 3 aromatic rings. The molecular weight excluding hydrogens is 443 g/mol. The number of para-hydroxylation sites is 1. The highest BCUT2D eigenvalue weighted by molar-refractivity contribution is 8.18. The van der Waals surface area contributed by atoms with Crippen molar-refractivity contribution in [3.8, 4) is 0 Å². The van der Waals surface area contributed by atoms with Gasteiger partial charge in [0.1, 0.15) is 0 Å². The van der Waals surface area contributed by atoms with Crippen LogP contribution in [0.4, 0.5) is 5.69 Å². The van der Waals surface area contributed by atoms with Crippen LogP contribution in [0.25, 0.3) is 6.08 Å². The van der Waals surface area contributed by atoms with E-state index in [2.05, 4.69) is 10.3 Å². The Balaban J connectivity index is 1.59. The van der Waals surface area contributed by atoms with Crippen molar-refractivity contribution in [1.82, 2.24) is 5.32 Å². The molecule has 0 atom stereocenters. The monoisotopic (exact) mass is 456 g/mol. The van der Waals surface area contributed by atoms with Gasteiger partial charge in [-0.3, -0.25) is 4.79 Å². The van der Waals surface area contributed by atoms with Crippen LogP contribution in [-0.2, 0) is 4.79 Å². The van der Waals surface area contributed by atoms with Crippen molar-refractivity contribution in [2.24, 2.45) is 4.99 Å². The van der Waals surface area contributed by atoms with Crippen LogP contribution < -0.4 is 5.32 Å². The minimum atomic E-state index is -0.174. The van der Waals surface area contributed by atoms with Gasteiger partial charge in [-0.25, -0.2) is 4.99 Å². The van der Waals surface area contributed by atoms with E-state index in [4.69, 9.17) is 23.2 Å². The molecule has 144 valence electrons. The minimum absolute atomic E-state index is 0.174. The van der Waals surface area contributed by atoms with Crippen molar-refractivity contribution in [1.29, 1.82) is 0 Å². The molecule has 0 aromatic heterocycles. The van der Waals surface area contributed by atoms with E-state index in [-0.39, 0.29) is 5.91 Å². The Morgan fingerprint density at radius 1 is 0.931 bits per heavy atom. The third kappa shape index (κ3) is 5.06. The number of amidine groups is 1. The predicted octanol–water partition coefficient (Wildman–Crippen LogP) is 7.04. The van der Waals surface area contributed by atoms with Crippen molar-refractivity contribution in [2.45, 2.75) is 9.79 Å². The van der Waals surface area contributed by atoms with Gasteiger partial charge in [0, 0.05) is 14.8 Å². The van der Waals surface area contributed by atoms with Crippen molar-refractivity contribution >= 4 is 69.6 Å². The summed E-state index contributed by atoms with van der Waals surface area (Å²) in [5, 5.41) is 4.55. The number of nitrogens with one attached hydrogen (secondary N) is 1. The molecule has 0 unspecified atom stereocenters. The van der Waals surface area contributed by atoms with E-state index in [1.165, 1.54) is 11.8 Å². The van der Waals surface area contributed by atoms with Gasteiger partial charge in [-0.1, -0.05) is 65.3 Å². The van der Waals surface area contributed by atoms with E-state index in [1.54, 1.807) is 17.8 Å². The molecule has 1 heterocycles. The highest BCUT2D eigenvalue weighted by Gasteiger charge is 2.24. The molecule has 0 saturated carbocycles. The van der Waals surface area contributed by atoms with Gasteiger partial charge in [-0.2, -0.15) is 0 Å². The summed E-state index contributed by atoms with van der Waals surface area (Å²) in [5.74, 6) is -0.174. The normalized spacial score (nSPS) is 16.4. The maximum absolute atomic E-state index is 12.4. The lowest BCUT2D eigenvalue weighted by Gasteiger charge is -2.06. The van der Waals surface area contributed by atoms with Crippen molar-refractivity contribution < 1.29 is 4.79 Å². The summed E-state index contributed by atoms with van der Waals surface area (Å²) in [4.78, 5) is 19.6. The third-order valence-corrected chi connectivity index (χ3v) is 6.55. The van der Waals surface area contributed by atoms with Crippen molar-refractivity contribution in [3.05, 3.63) is 93.3 Å². The smallest absolute Gasteiger partial charge is 0.264 e. The summed E-state index contributed by atoms with van der Waals surface area (Å²) in [6.07, 6.45) is 1.88. The molecule has 3 nitrogen and oxygen atoms in total. The first-order valence-electron chi connectivity index (χ1n) is 8.65. The van der Waals surface area contributed by atoms with Crippen LogP contribution >= 0.6 is 46.7 Å². The molecule has 1 saturated heterocycles. The van der Waals surface area contributed by atoms with Gasteiger partial charge in [0.2, 0.25) is 0 Å². The van der Waals surface area contributed by atoms with Gasteiger partial charge in [-0.05, 0) is 65.9 Å². The quantitative estimate of drug-likeness (QED) is 0.428. The Kier molecular flexibility index (Phi) is 6.31. The summed E-state index contributed by atoms with van der Waals surface area (Å²) >= 11 is 15.0. The Morgan fingerprint density at radius 2 is 1.66 bits per heavy atom. The van der Waals surface area contributed by atoms with Gasteiger partial charge in [0.15, 0.2) is 5.17 Å². The van der Waals surface area contributed by atoms with Crippen LogP contribution in [0.1, 0.15) is 5.56 Å². The average Bonchev–Trinajstić information content (AvgIpc) is 3.06. The van der Waals surface area contributed by atoms with Gasteiger partial charge in [0.25, 0.3) is 5.91 Å². The largest absolute Gasteiger partial charge is 0.300 e. The number of rotatable bonds is 4. The van der Waals surface area contributed by atoms with Crippen LogP contribution in [0.3, 0.4) is 0 Å². The Morgan fingerprint density at radius 3 is 2.45 bits per heavy atom. The van der Waals surface area contributed by atoms with Crippen molar-refractivity contribution in [3.63, 3.8) is 0 Å². The SMILES string of the molecule is O=C1NC(=Nc2ccccc2Cl)S/C1=C/c1ccccc1Sc1ccc(Cl)cc1. The maximum atomic E-state index is 12.4. The lowest BCUT2D eigenvalue weighted by molar-refractivity contribution is -0.115. The highest BCUT2D eigenvalue weighted by atomic mass is 35.5. The summed E-state index contributed by atoms with van der Waals surface area (Å²) in [5.41, 5.74) is 1.58. The van der Waals surface area contributed by atoms with Crippen LogP contribution in [0.15, 0.2) is 92.5 Å². The molecule has 4 rings (SSSR count). The van der Waals surface area contributed by atoms with E-state index in [0.717, 1.165) is 15.4 Å². The zero-order chi connectivity index (χ0) is 20.2. The van der Waals surface area contributed by atoms with Crippen LogP contribution in [-0.4, -0.2) is 11.1 Å². The number of carbonyl (C=O) groups excluding carboxylic acids is 1. The summed E-state index contributed by atoms with van der Waals surface area (Å²) in [6.45, 7) is 0. The summed E-state index contributed by atoms with van der Waals surface area (Å²) in [6, 6.07) is 22.9. The molecule has 1 N–H and O–H groups in total. The molecule has 1 fully saturated rings. The number of benzene rings is 3. The van der Waals surface area contributed by atoms with Crippen LogP contribution in [0.2, 0.25) is 10.0 Å². The topological polar surface area (TPSA) is 41.5 Å². The highest BCUT2D eigenvalue weighted by Crippen LogP contribution is 2.35. The molecule has 7 heteroatoms. The molecule has 29 heavy (non-hydrogen) atoms. The first-order chi connectivity index (χ1) is 14.1. The molecule has 0 spiro atoms. The zero-order valence-electron chi connectivity index (χ0n) is 14.9. The Labute approximate surface area is 187 Å². The maximum Gasteiger partial charge on any atom is 0.264 e. The minimum Gasteiger partial charge on any atom is -0.300 e. The summed E-state index contributed by atoms with van der Waals surface area (Å²) in [7, 11) is 0. The number of amides is 1. The molecule has 0 bridgehead atoms. The first-order valence-corrected chi connectivity index (χ1v) is 11.0. The molecular formula is C22H14Cl2N2OS2. The number of nitrogens with zero attached hydrogens (tertiary/aromatic N) is 1. The summed E-state index contributed by atoms with van der Waals surface area (Å²) < 4.78 is 0. The van der Waals surface area contributed by atoms with Crippen LogP contribution in [0, 0.1) is 0 Å². The average molecular weight is 457 g/mol. The second kappa shape index (κ2) is 9.09. The van der Waals surface area contributed by atoms with E-state index in [9.17, 15) is 4.79 Å². The van der Waals surface area contributed by atoms with E-state index >= 15 is 0 Å². The van der Waals surface area contributed by atoms with Crippen molar-refractivity contribution in [2.75, 3.05) is 0 Å². The predicted molar refractivity (Wildman–Crippen MR) is 124 cm³/mol. The van der Waals surface area contributed by atoms with E-state index < -0.39 is 0 Å². The number of hydrogen-bond donors (Lipinski definition) is 1. The second-order valence-electron chi connectivity index (χ2n) is 6.03. The number of thioether (sulfide) groups is 1. The Hall–Kier alpha value is -2.18. The Bertz CT molecular complexity index is 1130. The lowest BCUT2D eigenvalue weighted by Crippen LogP contribution is -2.19. The zero-order valence-corrected chi connectivity index (χ0v) is 18.1. The third-order valence-electron chi connectivity index (χ3n) is 3.97. The first kappa shape index (κ1) is 20.1. The van der Waals surface area contributed by atoms with Gasteiger partial charge >= 0.3 is 0 Å². The number of aliphatic imine (C=N–C) groups is 1. The number of carbonyl (C=O) groups is 1. The fourth-order valence-corrected chi connectivity index (χ4v) is 4.64. The number of hydrogen-bond acceptors (Lipinski definition) is 4. The standard InChI is InChI=1S/C22H14Cl2N2OS2/c23-15-9-11-16(12-10-15)28-19-8-4-1-5-14(19)13-20-21(27)26-22(29-20)25-18-7-3-2-6-17(18)24/h1-13H,(H,25,26,27)/b20-13+. The van der Waals surface area contributed by atoms with E-state index in [1.807, 2.05) is 72.8 Å². The van der Waals surface area contributed by atoms with Gasteiger partial charge in [-0.15, -0.1) is 0 Å². The molecule has 1 aliphatic rings. The molecule has 3 aromatic carbocycles. The fourth-order valence-electron chi connectivity index (χ4n) is 2.60. The molecule has 1 amide bonds.